The van der Waals surface area contributed by atoms with Crippen molar-refractivity contribution in [1.82, 2.24) is 0 Å². The highest BCUT2D eigenvalue weighted by Gasteiger charge is 2.23. The van der Waals surface area contributed by atoms with E-state index < -0.39 is 23.8 Å². The third-order valence-corrected chi connectivity index (χ3v) is 4.11. The molecule has 2 aromatic carbocycles. The molecule has 1 heterocycles. The summed E-state index contributed by atoms with van der Waals surface area (Å²) in [5, 5.41) is 0. The monoisotopic (exact) mass is 355 g/mol. The van der Waals surface area contributed by atoms with Gasteiger partial charge in [0.05, 0.1) is 18.8 Å². The molecule has 2 N–H and O–H groups in total. The lowest BCUT2D eigenvalue weighted by molar-refractivity contribution is -0.127. The average Bonchev–Trinajstić information content (AvgIpc) is 2.67. The molecule has 3 rings (SSSR count). The van der Waals surface area contributed by atoms with Gasteiger partial charge in [0.15, 0.2) is 0 Å². The summed E-state index contributed by atoms with van der Waals surface area (Å²) in [6.07, 6.45) is 1.55. The molecule has 5 nitrogen and oxygen atoms in total. The van der Waals surface area contributed by atoms with Crippen molar-refractivity contribution in [2.45, 2.75) is 12.5 Å². The van der Waals surface area contributed by atoms with Gasteiger partial charge in [-0.15, -0.1) is 0 Å². The fraction of sp³-hybridized carbons (Fsp3) is 0.200. The quantitative estimate of drug-likeness (QED) is 0.836. The molecule has 0 spiro atoms. The Morgan fingerprint density at radius 2 is 1.77 bits per heavy atom. The van der Waals surface area contributed by atoms with E-state index in [-0.39, 0.29) is 0 Å². The van der Waals surface area contributed by atoms with Gasteiger partial charge in [0.2, 0.25) is 6.10 Å². The summed E-state index contributed by atoms with van der Waals surface area (Å²) in [4.78, 5) is 24.0. The third kappa shape index (κ3) is 4.15. The number of primary amides is 1. The maximum Gasteiger partial charge on any atom is 0.339 e. The van der Waals surface area contributed by atoms with Crippen molar-refractivity contribution in [2.24, 2.45) is 5.73 Å². The molecule has 0 aromatic heterocycles. The van der Waals surface area contributed by atoms with E-state index in [1.54, 1.807) is 12.1 Å². The molecular weight excluding hydrogens is 337 g/mol. The molecule has 2 aromatic rings. The minimum Gasteiger partial charge on any atom is -0.444 e. The smallest absolute Gasteiger partial charge is 0.339 e. The van der Waals surface area contributed by atoms with Crippen LogP contribution in [-0.2, 0) is 14.3 Å². The molecule has 0 saturated carbocycles. The minimum atomic E-state index is -1.28. The summed E-state index contributed by atoms with van der Waals surface area (Å²) in [6.45, 7) is 1.25. The number of esters is 1. The van der Waals surface area contributed by atoms with Crippen LogP contribution in [0, 0.1) is 5.82 Å². The van der Waals surface area contributed by atoms with E-state index in [1.165, 1.54) is 24.3 Å². The first-order valence-corrected chi connectivity index (χ1v) is 8.17. The number of benzene rings is 2. The van der Waals surface area contributed by atoms with Crippen LogP contribution in [0.1, 0.15) is 34.0 Å². The van der Waals surface area contributed by atoms with Gasteiger partial charge in [0, 0.05) is 5.56 Å². The second kappa shape index (κ2) is 7.93. The Kier molecular flexibility index (Phi) is 5.43. The number of hydrogen-bond donors (Lipinski definition) is 1. The van der Waals surface area contributed by atoms with Crippen LogP contribution in [0.2, 0.25) is 0 Å². The van der Waals surface area contributed by atoms with Gasteiger partial charge in [0.25, 0.3) is 5.91 Å². The number of carbonyl (C=O) groups is 2. The summed E-state index contributed by atoms with van der Waals surface area (Å²) in [6, 6.07) is 12.0. The summed E-state index contributed by atoms with van der Waals surface area (Å²) in [7, 11) is 0. The zero-order valence-corrected chi connectivity index (χ0v) is 14.0. The molecule has 134 valence electrons. The largest absolute Gasteiger partial charge is 0.444 e. The molecule has 1 amide bonds. The zero-order valence-electron chi connectivity index (χ0n) is 14.0. The fourth-order valence-electron chi connectivity index (χ4n) is 2.71. The number of ether oxygens (including phenoxy) is 2. The van der Waals surface area contributed by atoms with Gasteiger partial charge >= 0.3 is 5.97 Å². The highest BCUT2D eigenvalue weighted by atomic mass is 19.1. The van der Waals surface area contributed by atoms with Crippen molar-refractivity contribution in [3.05, 3.63) is 77.1 Å². The predicted molar refractivity (Wildman–Crippen MR) is 93.6 cm³/mol. The molecule has 6 heteroatoms. The van der Waals surface area contributed by atoms with Gasteiger partial charge in [-0.1, -0.05) is 30.3 Å². The molecule has 0 aliphatic carbocycles. The summed E-state index contributed by atoms with van der Waals surface area (Å²) < 4.78 is 23.6. The molecular formula is C20H18FNO4. The van der Waals surface area contributed by atoms with Crippen LogP contribution >= 0.6 is 0 Å². The minimum absolute atomic E-state index is 0.301. The molecule has 1 unspecified atom stereocenters. The number of carbonyl (C=O) groups excluding carboxylic acids is 2. The van der Waals surface area contributed by atoms with Crippen molar-refractivity contribution >= 4 is 17.4 Å². The number of amides is 1. The Balaban J connectivity index is 1.74. The topological polar surface area (TPSA) is 78.6 Å². The lowest BCUT2D eigenvalue weighted by Crippen LogP contribution is -2.26. The van der Waals surface area contributed by atoms with E-state index >= 15 is 0 Å². The van der Waals surface area contributed by atoms with Gasteiger partial charge < -0.3 is 15.2 Å². The summed E-state index contributed by atoms with van der Waals surface area (Å²) in [5.74, 6) is -1.96. The van der Waals surface area contributed by atoms with Crippen LogP contribution in [-0.4, -0.2) is 25.1 Å². The molecule has 1 atom stereocenters. The lowest BCUT2D eigenvalue weighted by Gasteiger charge is -2.16. The molecule has 0 fully saturated rings. The second-order valence-corrected chi connectivity index (χ2v) is 5.87. The molecule has 1 aliphatic rings. The average molecular weight is 355 g/mol. The maximum atomic E-state index is 13.0. The van der Waals surface area contributed by atoms with Crippen LogP contribution in [0.4, 0.5) is 4.39 Å². The third-order valence-electron chi connectivity index (χ3n) is 4.11. The Hall–Kier alpha value is -2.99. The van der Waals surface area contributed by atoms with Gasteiger partial charge in [0.1, 0.15) is 5.82 Å². The van der Waals surface area contributed by atoms with E-state index in [0.29, 0.717) is 24.3 Å². The highest BCUT2D eigenvalue weighted by Crippen LogP contribution is 2.23. The first kappa shape index (κ1) is 17.8. The first-order valence-electron chi connectivity index (χ1n) is 8.17. The summed E-state index contributed by atoms with van der Waals surface area (Å²) in [5.41, 5.74) is 8.12. The van der Waals surface area contributed by atoms with Crippen LogP contribution in [0.25, 0.3) is 5.57 Å². The van der Waals surface area contributed by atoms with Crippen molar-refractivity contribution in [3.63, 3.8) is 0 Å². The van der Waals surface area contributed by atoms with Crippen LogP contribution in [0.5, 0.6) is 0 Å². The number of halogens is 1. The van der Waals surface area contributed by atoms with Crippen molar-refractivity contribution in [2.75, 3.05) is 13.2 Å². The van der Waals surface area contributed by atoms with Crippen molar-refractivity contribution < 1.29 is 23.5 Å². The first-order chi connectivity index (χ1) is 12.5. The molecule has 26 heavy (non-hydrogen) atoms. The molecule has 0 bridgehead atoms. The SMILES string of the molecule is NC(=O)C(OC(=O)c1ccc(C2=CCOCC2)cc1)c1ccc(F)cc1. The van der Waals surface area contributed by atoms with E-state index in [4.69, 9.17) is 15.2 Å². The normalized spacial score (nSPS) is 15.0. The van der Waals surface area contributed by atoms with Crippen LogP contribution in [0.3, 0.4) is 0 Å². The van der Waals surface area contributed by atoms with E-state index in [0.717, 1.165) is 17.6 Å². The Morgan fingerprint density at radius 1 is 1.08 bits per heavy atom. The standard InChI is InChI=1S/C20H18FNO4/c21-17-7-5-15(6-8-17)18(19(22)23)26-20(24)16-3-1-13(2-4-16)14-9-11-25-12-10-14/h1-9,18H,10-12H2,(H2,22,23). The van der Waals surface area contributed by atoms with Gasteiger partial charge in [-0.25, -0.2) is 9.18 Å². The van der Waals surface area contributed by atoms with E-state index in [1.807, 2.05) is 18.2 Å². The van der Waals surface area contributed by atoms with E-state index in [9.17, 15) is 14.0 Å². The zero-order chi connectivity index (χ0) is 18.5. The van der Waals surface area contributed by atoms with Crippen molar-refractivity contribution in [1.29, 1.82) is 0 Å². The molecule has 0 radical (unpaired) electrons. The maximum absolute atomic E-state index is 13.0. The van der Waals surface area contributed by atoms with Crippen LogP contribution in [0.15, 0.2) is 54.6 Å². The van der Waals surface area contributed by atoms with Gasteiger partial charge in [-0.05, 0) is 41.8 Å². The van der Waals surface area contributed by atoms with Crippen LogP contribution < -0.4 is 5.73 Å². The number of rotatable bonds is 5. The number of hydrogen-bond acceptors (Lipinski definition) is 4. The molecule has 0 saturated heterocycles. The van der Waals surface area contributed by atoms with Crippen molar-refractivity contribution in [3.8, 4) is 0 Å². The second-order valence-electron chi connectivity index (χ2n) is 5.87. The van der Waals surface area contributed by atoms with E-state index in [2.05, 4.69) is 0 Å². The lowest BCUT2D eigenvalue weighted by atomic mass is 10.0. The highest BCUT2D eigenvalue weighted by molar-refractivity contribution is 5.92. The molecule has 1 aliphatic heterocycles. The predicted octanol–water partition coefficient (Wildman–Crippen LogP) is 3.01. The Labute approximate surface area is 150 Å². The van der Waals surface area contributed by atoms with Gasteiger partial charge in [-0.3, -0.25) is 4.79 Å². The fourth-order valence-corrected chi connectivity index (χ4v) is 2.71. The Morgan fingerprint density at radius 3 is 2.35 bits per heavy atom. The number of nitrogens with two attached hydrogens (primary N) is 1. The van der Waals surface area contributed by atoms with Gasteiger partial charge in [-0.2, -0.15) is 0 Å². The Bertz CT molecular complexity index is 828. The summed E-state index contributed by atoms with van der Waals surface area (Å²) >= 11 is 0.